The average Bonchev–Trinajstić information content (AvgIpc) is 2.60. The van der Waals surface area contributed by atoms with Gasteiger partial charge >= 0.3 is 12.5 Å². The van der Waals surface area contributed by atoms with Gasteiger partial charge in [0, 0.05) is 6.54 Å². The Labute approximate surface area is 173 Å². The van der Waals surface area contributed by atoms with Gasteiger partial charge in [-0.1, -0.05) is 29.3 Å². The number of carboxylic acid groups (broad SMARTS) is 1. The number of nitrogens with one attached hydrogen (secondary N) is 2. The molecule has 13 heteroatoms. The molecule has 0 aromatic heterocycles. The van der Waals surface area contributed by atoms with Crippen LogP contribution >= 0.6 is 23.2 Å². The molecule has 29 heavy (non-hydrogen) atoms. The van der Waals surface area contributed by atoms with Gasteiger partial charge in [0.2, 0.25) is 10.0 Å². The van der Waals surface area contributed by atoms with Gasteiger partial charge in [0.15, 0.2) is 0 Å². The Balaban J connectivity index is 2.28. The first-order chi connectivity index (χ1) is 13.4. The monoisotopic (exact) mass is 472 g/mol. The van der Waals surface area contributed by atoms with Crippen LogP contribution in [-0.4, -0.2) is 32.5 Å². The number of hydrogen-bond acceptors (Lipinski definition) is 4. The van der Waals surface area contributed by atoms with E-state index in [4.69, 9.17) is 28.3 Å². The zero-order valence-electron chi connectivity index (χ0n) is 14.2. The van der Waals surface area contributed by atoms with E-state index in [-0.39, 0.29) is 21.5 Å². The predicted molar refractivity (Wildman–Crippen MR) is 98.7 cm³/mol. The van der Waals surface area contributed by atoms with E-state index < -0.39 is 34.3 Å². The largest absolute Gasteiger partial charge is 0.573 e. The first kappa shape index (κ1) is 23.1. The van der Waals surface area contributed by atoms with Crippen LogP contribution in [0, 0.1) is 0 Å². The van der Waals surface area contributed by atoms with Crippen LogP contribution in [0.25, 0.3) is 0 Å². The van der Waals surface area contributed by atoms with Gasteiger partial charge in [-0.2, -0.15) is 0 Å². The first-order valence-corrected chi connectivity index (χ1v) is 9.91. The summed E-state index contributed by atoms with van der Waals surface area (Å²) in [5.41, 5.74) is 0.314. The third-order valence-corrected chi connectivity index (χ3v) is 5.70. The van der Waals surface area contributed by atoms with E-state index in [1.165, 1.54) is 18.2 Å². The smallest absolute Gasteiger partial charge is 0.465 e. The lowest BCUT2D eigenvalue weighted by Crippen LogP contribution is -2.37. The fourth-order valence-electron chi connectivity index (χ4n) is 2.22. The van der Waals surface area contributed by atoms with Gasteiger partial charge in [-0.05, 0) is 42.0 Å². The minimum absolute atomic E-state index is 0.123. The zero-order chi connectivity index (χ0) is 21.8. The number of halogens is 5. The molecule has 0 heterocycles. The van der Waals surface area contributed by atoms with E-state index in [1.807, 2.05) is 0 Å². The Morgan fingerprint density at radius 2 is 1.72 bits per heavy atom. The lowest BCUT2D eigenvalue weighted by molar-refractivity contribution is -0.274. The highest BCUT2D eigenvalue weighted by atomic mass is 35.5. The van der Waals surface area contributed by atoms with E-state index in [9.17, 15) is 26.4 Å². The van der Waals surface area contributed by atoms with Crippen LogP contribution in [0.4, 0.5) is 18.0 Å². The van der Waals surface area contributed by atoms with Crippen molar-refractivity contribution >= 4 is 39.3 Å². The lowest BCUT2D eigenvalue weighted by Gasteiger charge is -2.20. The summed E-state index contributed by atoms with van der Waals surface area (Å²) in [7, 11) is -4.23. The van der Waals surface area contributed by atoms with Crippen LogP contribution in [-0.2, 0) is 10.0 Å². The maximum Gasteiger partial charge on any atom is 0.573 e. The topological polar surface area (TPSA) is 105 Å². The normalized spacial score (nSPS) is 13.0. The standard InChI is InChI=1S/C16H13Cl2F3N2O5S/c17-12-6-1-9(7-13(12)18)14(8-22-15(24)25)23-29(26,27)11-4-2-10(3-5-11)28-16(19,20)21/h1-7,14,22-23H,8H2,(H,24,25). The zero-order valence-corrected chi connectivity index (χ0v) is 16.5. The third kappa shape index (κ3) is 6.96. The molecular weight excluding hydrogens is 460 g/mol. The average molecular weight is 473 g/mol. The molecule has 0 saturated carbocycles. The third-order valence-electron chi connectivity index (χ3n) is 3.47. The van der Waals surface area contributed by atoms with Crippen LogP contribution in [0.5, 0.6) is 5.75 Å². The Kier molecular flexibility index (Phi) is 7.22. The maximum atomic E-state index is 12.6. The van der Waals surface area contributed by atoms with Crippen molar-refractivity contribution in [3.63, 3.8) is 0 Å². The van der Waals surface area contributed by atoms with Gasteiger partial charge < -0.3 is 15.2 Å². The second kappa shape index (κ2) is 9.08. The number of benzene rings is 2. The second-order valence-electron chi connectivity index (χ2n) is 5.55. The fourth-order valence-corrected chi connectivity index (χ4v) is 3.75. The summed E-state index contributed by atoms with van der Waals surface area (Å²) in [5.74, 6) is -0.593. The number of amides is 1. The van der Waals surface area contributed by atoms with Gasteiger partial charge in [-0.15, -0.1) is 13.2 Å². The Morgan fingerprint density at radius 3 is 2.24 bits per heavy atom. The van der Waals surface area contributed by atoms with E-state index in [1.54, 1.807) is 0 Å². The molecule has 0 aliphatic heterocycles. The van der Waals surface area contributed by atoms with E-state index in [0.29, 0.717) is 5.56 Å². The molecule has 0 spiro atoms. The Bertz CT molecular complexity index is 985. The van der Waals surface area contributed by atoms with Crippen molar-refractivity contribution in [3.05, 3.63) is 58.1 Å². The number of sulfonamides is 1. The van der Waals surface area contributed by atoms with Crippen molar-refractivity contribution in [1.29, 1.82) is 0 Å². The van der Waals surface area contributed by atoms with E-state index in [2.05, 4.69) is 14.8 Å². The van der Waals surface area contributed by atoms with Gasteiger partial charge in [0.1, 0.15) is 5.75 Å². The Morgan fingerprint density at radius 1 is 1.10 bits per heavy atom. The summed E-state index contributed by atoms with van der Waals surface area (Å²) in [5, 5.41) is 11.2. The van der Waals surface area contributed by atoms with Crippen molar-refractivity contribution in [1.82, 2.24) is 10.0 Å². The van der Waals surface area contributed by atoms with Gasteiger partial charge in [0.25, 0.3) is 0 Å². The van der Waals surface area contributed by atoms with Gasteiger partial charge in [0.05, 0.1) is 21.0 Å². The van der Waals surface area contributed by atoms with Crippen LogP contribution in [0.2, 0.25) is 10.0 Å². The molecule has 0 saturated heterocycles. The quantitative estimate of drug-likeness (QED) is 0.560. The summed E-state index contributed by atoms with van der Waals surface area (Å²) < 4.78 is 67.8. The maximum absolute atomic E-state index is 12.6. The first-order valence-electron chi connectivity index (χ1n) is 7.67. The molecule has 3 N–H and O–H groups in total. The SMILES string of the molecule is O=C(O)NCC(NS(=O)(=O)c1ccc(OC(F)(F)F)cc1)c1ccc(Cl)c(Cl)c1. The van der Waals surface area contributed by atoms with Crippen molar-refractivity contribution < 1.29 is 36.2 Å². The summed E-state index contributed by atoms with van der Waals surface area (Å²) in [6.07, 6.45) is -6.30. The summed E-state index contributed by atoms with van der Waals surface area (Å²) in [4.78, 5) is 10.4. The molecule has 2 aromatic carbocycles. The molecule has 1 unspecified atom stereocenters. The number of ether oxygens (including phenoxy) is 1. The minimum Gasteiger partial charge on any atom is -0.465 e. The fraction of sp³-hybridized carbons (Fsp3) is 0.188. The molecule has 0 aliphatic rings. The van der Waals surface area contributed by atoms with Crippen LogP contribution in [0.3, 0.4) is 0 Å². The van der Waals surface area contributed by atoms with Crippen LogP contribution in [0.1, 0.15) is 11.6 Å². The summed E-state index contributed by atoms with van der Waals surface area (Å²) >= 11 is 11.8. The van der Waals surface area contributed by atoms with E-state index >= 15 is 0 Å². The molecule has 0 fully saturated rings. The molecule has 158 valence electrons. The summed E-state index contributed by atoms with van der Waals surface area (Å²) in [6, 6.07) is 6.66. The number of rotatable bonds is 7. The van der Waals surface area contributed by atoms with Crippen molar-refractivity contribution in [2.75, 3.05) is 6.54 Å². The molecule has 0 radical (unpaired) electrons. The van der Waals surface area contributed by atoms with Crippen LogP contribution in [0.15, 0.2) is 47.4 Å². The molecule has 1 amide bonds. The van der Waals surface area contributed by atoms with E-state index in [0.717, 1.165) is 24.3 Å². The molecule has 2 rings (SSSR count). The highest BCUT2D eigenvalue weighted by molar-refractivity contribution is 7.89. The molecule has 0 bridgehead atoms. The molecule has 7 nitrogen and oxygen atoms in total. The molecule has 2 aromatic rings. The number of carbonyl (C=O) groups is 1. The van der Waals surface area contributed by atoms with Crippen molar-refractivity contribution in [3.8, 4) is 5.75 Å². The van der Waals surface area contributed by atoms with Crippen molar-refractivity contribution in [2.45, 2.75) is 17.3 Å². The molecule has 0 aliphatic carbocycles. The number of alkyl halides is 3. The van der Waals surface area contributed by atoms with Crippen molar-refractivity contribution in [2.24, 2.45) is 0 Å². The van der Waals surface area contributed by atoms with Crippen LogP contribution < -0.4 is 14.8 Å². The number of hydrogen-bond donors (Lipinski definition) is 3. The highest BCUT2D eigenvalue weighted by Crippen LogP contribution is 2.27. The van der Waals surface area contributed by atoms with Gasteiger partial charge in [-0.3, -0.25) is 0 Å². The predicted octanol–water partition coefficient (Wildman–Crippen LogP) is 4.18. The molecular formula is C16H13Cl2F3N2O5S. The minimum atomic E-state index is -4.92. The van der Waals surface area contributed by atoms with Gasteiger partial charge in [-0.25, -0.2) is 17.9 Å². The Hall–Kier alpha value is -2.21. The highest BCUT2D eigenvalue weighted by Gasteiger charge is 2.31. The lowest BCUT2D eigenvalue weighted by atomic mass is 10.1. The molecule has 1 atom stereocenters. The second-order valence-corrected chi connectivity index (χ2v) is 8.08. The summed E-state index contributed by atoms with van der Waals surface area (Å²) in [6.45, 7) is -0.345.